The van der Waals surface area contributed by atoms with Crippen LogP contribution in [-0.4, -0.2) is 20.0 Å². The highest BCUT2D eigenvalue weighted by molar-refractivity contribution is 7.08. The molecule has 0 N–H and O–H groups in total. The second-order valence-electron chi connectivity index (χ2n) is 3.89. The van der Waals surface area contributed by atoms with Gasteiger partial charge in [0, 0.05) is 10.9 Å². The van der Waals surface area contributed by atoms with E-state index in [0.717, 1.165) is 5.56 Å². The van der Waals surface area contributed by atoms with E-state index < -0.39 is 4.92 Å². The van der Waals surface area contributed by atoms with E-state index in [1.165, 1.54) is 23.6 Å². The van der Waals surface area contributed by atoms with Gasteiger partial charge in [-0.05, 0) is 33.5 Å². The Morgan fingerprint density at radius 1 is 1.43 bits per heavy atom. The Kier molecular flexibility index (Phi) is 3.56. The smallest absolute Gasteiger partial charge is 0.406 e. The van der Waals surface area contributed by atoms with E-state index in [1.807, 2.05) is 16.8 Å². The molecule has 3 aromatic rings. The molecule has 3 aromatic heterocycles. The lowest BCUT2D eigenvalue weighted by atomic mass is 10.3. The van der Waals surface area contributed by atoms with Gasteiger partial charge in [-0.25, -0.2) is 0 Å². The van der Waals surface area contributed by atoms with E-state index >= 15 is 0 Å². The van der Waals surface area contributed by atoms with E-state index in [2.05, 4.69) is 15.1 Å². The molecule has 0 aliphatic carbocycles. The van der Waals surface area contributed by atoms with E-state index in [9.17, 15) is 10.1 Å². The molecule has 9 heteroatoms. The summed E-state index contributed by atoms with van der Waals surface area (Å²) in [4.78, 5) is 18.0. The highest BCUT2D eigenvalue weighted by Gasteiger charge is 2.17. The molecular formula is C12H8N4O4S. The first kappa shape index (κ1) is 13.2. The largest absolute Gasteiger partial charge is 0.476 e. The third-order valence-electron chi connectivity index (χ3n) is 2.52. The van der Waals surface area contributed by atoms with Crippen LogP contribution in [0.5, 0.6) is 5.75 Å². The van der Waals surface area contributed by atoms with Crippen molar-refractivity contribution in [2.24, 2.45) is 0 Å². The molecule has 3 heterocycles. The topological polar surface area (TPSA) is 104 Å². The molecule has 0 aliphatic rings. The summed E-state index contributed by atoms with van der Waals surface area (Å²) in [5.74, 6) is 0.387. The number of nitrogens with zero attached hydrogens (tertiary/aromatic N) is 4. The van der Waals surface area contributed by atoms with Gasteiger partial charge in [-0.2, -0.15) is 16.3 Å². The van der Waals surface area contributed by atoms with E-state index in [0.29, 0.717) is 5.82 Å². The van der Waals surface area contributed by atoms with Crippen molar-refractivity contribution in [3.63, 3.8) is 0 Å². The molecule has 8 nitrogen and oxygen atoms in total. The van der Waals surface area contributed by atoms with Crippen molar-refractivity contribution in [1.82, 2.24) is 15.1 Å². The minimum atomic E-state index is -0.611. The molecule has 0 fully saturated rings. The fourth-order valence-corrected chi connectivity index (χ4v) is 2.23. The van der Waals surface area contributed by atoms with Crippen molar-refractivity contribution in [3.8, 4) is 17.1 Å². The van der Waals surface area contributed by atoms with Gasteiger partial charge in [-0.1, -0.05) is 5.16 Å². The van der Waals surface area contributed by atoms with Gasteiger partial charge >= 0.3 is 5.82 Å². The Morgan fingerprint density at radius 2 is 2.33 bits per heavy atom. The molecule has 106 valence electrons. The molecule has 0 bridgehead atoms. The van der Waals surface area contributed by atoms with Crippen LogP contribution in [0, 0.1) is 10.1 Å². The van der Waals surface area contributed by atoms with Crippen molar-refractivity contribution >= 4 is 17.2 Å². The number of pyridine rings is 1. The molecule has 0 radical (unpaired) electrons. The first-order valence-corrected chi connectivity index (χ1v) is 6.75. The first-order chi connectivity index (χ1) is 10.2. The molecule has 0 saturated carbocycles. The average molecular weight is 304 g/mol. The number of nitro groups is 1. The second-order valence-corrected chi connectivity index (χ2v) is 4.67. The highest BCUT2D eigenvalue weighted by Crippen LogP contribution is 2.24. The number of aromatic nitrogens is 3. The molecule has 0 spiro atoms. The third kappa shape index (κ3) is 2.87. The zero-order valence-electron chi connectivity index (χ0n) is 10.5. The lowest BCUT2D eigenvalue weighted by Crippen LogP contribution is -2.00. The standard InChI is InChI=1S/C12H8N4O4S/c17-16(18)12-9(2-1-4-13-12)19-6-10-14-11(15-20-10)8-3-5-21-7-8/h1-5,7H,6H2. The molecule has 0 aliphatic heterocycles. The monoisotopic (exact) mass is 304 g/mol. The van der Waals surface area contributed by atoms with Gasteiger partial charge < -0.3 is 19.4 Å². The number of rotatable bonds is 5. The van der Waals surface area contributed by atoms with Crippen LogP contribution in [0.25, 0.3) is 11.4 Å². The van der Waals surface area contributed by atoms with Crippen LogP contribution >= 0.6 is 11.3 Å². The van der Waals surface area contributed by atoms with Gasteiger partial charge in [0.05, 0.1) is 0 Å². The predicted molar refractivity (Wildman–Crippen MR) is 72.8 cm³/mol. The molecule has 0 amide bonds. The molecule has 0 unspecified atom stereocenters. The number of ether oxygens (including phenoxy) is 1. The highest BCUT2D eigenvalue weighted by atomic mass is 32.1. The van der Waals surface area contributed by atoms with Crippen LogP contribution < -0.4 is 4.74 Å². The average Bonchev–Trinajstić information content (AvgIpc) is 3.16. The molecule has 0 saturated heterocycles. The van der Waals surface area contributed by atoms with Crippen molar-refractivity contribution in [3.05, 3.63) is 51.2 Å². The Labute approximate surface area is 122 Å². The Morgan fingerprint density at radius 3 is 3.10 bits per heavy atom. The summed E-state index contributed by atoms with van der Waals surface area (Å²) in [6, 6.07) is 4.88. The van der Waals surface area contributed by atoms with Gasteiger partial charge in [-0.3, -0.25) is 0 Å². The summed E-state index contributed by atoms with van der Waals surface area (Å²) in [7, 11) is 0. The van der Waals surface area contributed by atoms with Gasteiger partial charge in [0.1, 0.15) is 6.20 Å². The lowest BCUT2D eigenvalue weighted by molar-refractivity contribution is -0.390. The van der Waals surface area contributed by atoms with Gasteiger partial charge in [0.2, 0.25) is 11.6 Å². The summed E-state index contributed by atoms with van der Waals surface area (Å²) in [5.41, 5.74) is 0.849. The summed E-state index contributed by atoms with van der Waals surface area (Å²) in [6.07, 6.45) is 1.33. The van der Waals surface area contributed by atoms with Gasteiger partial charge in [0.15, 0.2) is 6.61 Å². The Bertz CT molecular complexity index is 756. The van der Waals surface area contributed by atoms with E-state index in [4.69, 9.17) is 9.26 Å². The van der Waals surface area contributed by atoms with Gasteiger partial charge in [0.25, 0.3) is 5.89 Å². The minimum absolute atomic E-state index is 0.0535. The van der Waals surface area contributed by atoms with E-state index in [-0.39, 0.29) is 24.1 Å². The molecule has 0 atom stereocenters. The van der Waals surface area contributed by atoms with Gasteiger partial charge in [-0.15, -0.1) is 0 Å². The zero-order valence-corrected chi connectivity index (χ0v) is 11.3. The predicted octanol–water partition coefficient (Wildman–Crippen LogP) is 2.68. The van der Waals surface area contributed by atoms with Crippen LogP contribution in [0.3, 0.4) is 0 Å². The minimum Gasteiger partial charge on any atom is -0.476 e. The summed E-state index contributed by atoms with van der Waals surface area (Å²) in [5, 5.41) is 18.4. The first-order valence-electron chi connectivity index (χ1n) is 5.81. The summed E-state index contributed by atoms with van der Waals surface area (Å²) in [6.45, 7) is -0.0658. The van der Waals surface area contributed by atoms with Crippen LogP contribution in [-0.2, 0) is 6.61 Å². The Hall–Kier alpha value is -2.81. The maximum Gasteiger partial charge on any atom is 0.406 e. The fourth-order valence-electron chi connectivity index (χ4n) is 1.59. The van der Waals surface area contributed by atoms with Crippen LogP contribution in [0.4, 0.5) is 5.82 Å². The molecule has 3 rings (SSSR count). The zero-order chi connectivity index (χ0) is 14.7. The quantitative estimate of drug-likeness (QED) is 0.527. The van der Waals surface area contributed by atoms with Crippen molar-refractivity contribution in [2.75, 3.05) is 0 Å². The lowest BCUT2D eigenvalue weighted by Gasteiger charge is -2.02. The van der Waals surface area contributed by atoms with E-state index in [1.54, 1.807) is 6.07 Å². The second kappa shape index (κ2) is 5.67. The SMILES string of the molecule is O=[N+]([O-])c1ncccc1OCc1nc(-c2ccsc2)no1. The molecule has 21 heavy (non-hydrogen) atoms. The summed E-state index contributed by atoms with van der Waals surface area (Å²) < 4.78 is 10.4. The van der Waals surface area contributed by atoms with Crippen LogP contribution in [0.2, 0.25) is 0 Å². The number of thiophene rings is 1. The maximum absolute atomic E-state index is 10.8. The van der Waals surface area contributed by atoms with Crippen molar-refractivity contribution < 1.29 is 14.2 Å². The van der Waals surface area contributed by atoms with Crippen LogP contribution in [0.15, 0.2) is 39.7 Å². The number of hydrogen-bond donors (Lipinski definition) is 0. The van der Waals surface area contributed by atoms with Crippen LogP contribution in [0.1, 0.15) is 5.89 Å². The fraction of sp³-hybridized carbons (Fsp3) is 0.0833. The Balaban J connectivity index is 1.73. The third-order valence-corrected chi connectivity index (χ3v) is 3.21. The van der Waals surface area contributed by atoms with Crippen molar-refractivity contribution in [2.45, 2.75) is 6.61 Å². The molecular weight excluding hydrogens is 296 g/mol. The normalized spacial score (nSPS) is 10.5. The number of hydrogen-bond acceptors (Lipinski definition) is 8. The summed E-state index contributed by atoms with van der Waals surface area (Å²) >= 11 is 1.52. The molecule has 0 aromatic carbocycles. The van der Waals surface area contributed by atoms with Crippen molar-refractivity contribution in [1.29, 1.82) is 0 Å². The maximum atomic E-state index is 10.8.